The maximum atomic E-state index is 13.8. The van der Waals surface area contributed by atoms with Gasteiger partial charge < -0.3 is 10.2 Å². The number of aryl methyl sites for hydroxylation is 1. The molecule has 1 aromatic carbocycles. The number of rotatable bonds is 4. The molecule has 0 unspecified atom stereocenters. The number of nitrogens with zero attached hydrogens (tertiary/aromatic N) is 1. The van der Waals surface area contributed by atoms with Crippen molar-refractivity contribution in [2.75, 3.05) is 26.2 Å². The summed E-state index contributed by atoms with van der Waals surface area (Å²) in [4.78, 5) is 14.3. The van der Waals surface area contributed by atoms with Crippen LogP contribution in [0.15, 0.2) is 18.2 Å². The molecule has 0 atom stereocenters. The summed E-state index contributed by atoms with van der Waals surface area (Å²) in [6.07, 6.45) is 5.08. The summed E-state index contributed by atoms with van der Waals surface area (Å²) >= 11 is 0. The molecule has 1 amide bonds. The fraction of sp³-hybridized carbons (Fsp3) is 0.562. The molecule has 2 rings (SSSR count). The number of nitrogens with one attached hydrogen (secondary N) is 1. The van der Waals surface area contributed by atoms with Crippen molar-refractivity contribution in [1.82, 2.24) is 10.2 Å². The zero-order valence-electron chi connectivity index (χ0n) is 12.1. The summed E-state index contributed by atoms with van der Waals surface area (Å²) in [5.41, 5.74) is 0.644. The first-order valence-electron chi connectivity index (χ1n) is 7.44. The number of carbonyl (C=O) groups excluding carboxylic acids is 1. The van der Waals surface area contributed by atoms with E-state index in [0.29, 0.717) is 12.1 Å². The largest absolute Gasteiger partial charge is 0.351 e. The Morgan fingerprint density at radius 2 is 1.95 bits per heavy atom. The van der Waals surface area contributed by atoms with E-state index in [9.17, 15) is 9.18 Å². The molecular formula is C16H23FN2O. The third-order valence-corrected chi connectivity index (χ3v) is 3.85. The number of halogens is 1. The molecule has 4 heteroatoms. The SMILES string of the molecule is Cc1cccc(C(=O)NCCN2CCCCCC2)c1F. The summed E-state index contributed by atoms with van der Waals surface area (Å²) < 4.78 is 13.8. The van der Waals surface area contributed by atoms with Gasteiger partial charge in [0.1, 0.15) is 5.82 Å². The molecule has 110 valence electrons. The molecule has 1 aromatic rings. The van der Waals surface area contributed by atoms with Gasteiger partial charge in [-0.2, -0.15) is 0 Å². The molecule has 1 heterocycles. The zero-order valence-corrected chi connectivity index (χ0v) is 12.1. The van der Waals surface area contributed by atoms with E-state index in [1.165, 1.54) is 31.7 Å². The molecule has 0 saturated carbocycles. The van der Waals surface area contributed by atoms with Crippen LogP contribution in [0.4, 0.5) is 4.39 Å². The van der Waals surface area contributed by atoms with Crippen molar-refractivity contribution < 1.29 is 9.18 Å². The number of hydrogen-bond acceptors (Lipinski definition) is 2. The van der Waals surface area contributed by atoms with Crippen molar-refractivity contribution in [2.45, 2.75) is 32.6 Å². The van der Waals surface area contributed by atoms with E-state index in [1.54, 1.807) is 19.1 Å². The molecule has 0 aliphatic carbocycles. The van der Waals surface area contributed by atoms with Gasteiger partial charge in [-0.3, -0.25) is 4.79 Å². The van der Waals surface area contributed by atoms with Crippen molar-refractivity contribution in [1.29, 1.82) is 0 Å². The number of carbonyl (C=O) groups is 1. The van der Waals surface area contributed by atoms with Crippen LogP contribution in [-0.4, -0.2) is 37.0 Å². The van der Waals surface area contributed by atoms with Crippen LogP contribution in [0.25, 0.3) is 0 Å². The van der Waals surface area contributed by atoms with Crippen LogP contribution in [0.3, 0.4) is 0 Å². The maximum Gasteiger partial charge on any atom is 0.254 e. The monoisotopic (exact) mass is 278 g/mol. The second-order valence-corrected chi connectivity index (χ2v) is 5.45. The Kier molecular flexibility index (Phi) is 5.53. The lowest BCUT2D eigenvalue weighted by Gasteiger charge is -2.19. The first kappa shape index (κ1) is 15.0. The minimum absolute atomic E-state index is 0.140. The smallest absolute Gasteiger partial charge is 0.254 e. The highest BCUT2D eigenvalue weighted by Gasteiger charge is 2.13. The average Bonchev–Trinajstić information content (AvgIpc) is 2.70. The van der Waals surface area contributed by atoms with Gasteiger partial charge in [-0.15, -0.1) is 0 Å². The van der Waals surface area contributed by atoms with Crippen molar-refractivity contribution in [3.05, 3.63) is 35.1 Å². The van der Waals surface area contributed by atoms with Crippen molar-refractivity contribution in [2.24, 2.45) is 0 Å². The van der Waals surface area contributed by atoms with Crippen LogP contribution in [0, 0.1) is 12.7 Å². The Labute approximate surface area is 120 Å². The molecule has 0 bridgehead atoms. The van der Waals surface area contributed by atoms with Gasteiger partial charge in [0.05, 0.1) is 5.56 Å². The second kappa shape index (κ2) is 7.39. The highest BCUT2D eigenvalue weighted by molar-refractivity contribution is 5.94. The summed E-state index contributed by atoms with van der Waals surface area (Å²) in [7, 11) is 0. The molecule has 1 fully saturated rings. The van der Waals surface area contributed by atoms with Gasteiger partial charge in [-0.25, -0.2) is 4.39 Å². The predicted octanol–water partition coefficient (Wildman–Crippen LogP) is 2.74. The van der Waals surface area contributed by atoms with Crippen LogP contribution in [-0.2, 0) is 0 Å². The minimum atomic E-state index is -0.417. The van der Waals surface area contributed by atoms with E-state index < -0.39 is 5.82 Å². The maximum absolute atomic E-state index is 13.8. The fourth-order valence-corrected chi connectivity index (χ4v) is 2.61. The predicted molar refractivity (Wildman–Crippen MR) is 78.4 cm³/mol. The van der Waals surface area contributed by atoms with Crippen LogP contribution >= 0.6 is 0 Å². The van der Waals surface area contributed by atoms with Crippen molar-refractivity contribution >= 4 is 5.91 Å². The Bertz CT molecular complexity index is 454. The molecule has 1 saturated heterocycles. The molecule has 0 radical (unpaired) electrons. The summed E-state index contributed by atoms with van der Waals surface area (Å²) in [5, 5.41) is 2.81. The first-order valence-corrected chi connectivity index (χ1v) is 7.44. The number of amides is 1. The minimum Gasteiger partial charge on any atom is -0.351 e. The van der Waals surface area contributed by atoms with Gasteiger partial charge in [-0.05, 0) is 44.5 Å². The van der Waals surface area contributed by atoms with Crippen LogP contribution < -0.4 is 5.32 Å². The number of likely N-dealkylation sites (tertiary alicyclic amines) is 1. The van der Waals surface area contributed by atoms with Gasteiger partial charge in [0.15, 0.2) is 0 Å². The van der Waals surface area contributed by atoms with Gasteiger partial charge in [-0.1, -0.05) is 25.0 Å². The van der Waals surface area contributed by atoms with Crippen LogP contribution in [0.1, 0.15) is 41.6 Å². The Balaban J connectivity index is 1.81. The zero-order chi connectivity index (χ0) is 14.4. The quantitative estimate of drug-likeness (QED) is 0.918. The topological polar surface area (TPSA) is 32.3 Å². The molecule has 1 N–H and O–H groups in total. The molecular weight excluding hydrogens is 255 g/mol. The van der Waals surface area contributed by atoms with Gasteiger partial charge in [0.25, 0.3) is 5.91 Å². The van der Waals surface area contributed by atoms with Crippen LogP contribution in [0.5, 0.6) is 0 Å². The van der Waals surface area contributed by atoms with Gasteiger partial charge in [0, 0.05) is 13.1 Å². The van der Waals surface area contributed by atoms with E-state index in [1.807, 2.05) is 0 Å². The molecule has 1 aliphatic rings. The normalized spacial score (nSPS) is 16.7. The molecule has 3 nitrogen and oxygen atoms in total. The van der Waals surface area contributed by atoms with Crippen molar-refractivity contribution in [3.8, 4) is 0 Å². The Morgan fingerprint density at radius 1 is 1.25 bits per heavy atom. The van der Waals surface area contributed by atoms with Gasteiger partial charge in [0.2, 0.25) is 0 Å². The van der Waals surface area contributed by atoms with Gasteiger partial charge >= 0.3 is 0 Å². The third kappa shape index (κ3) is 4.04. The highest BCUT2D eigenvalue weighted by Crippen LogP contribution is 2.12. The first-order chi connectivity index (χ1) is 9.68. The molecule has 1 aliphatic heterocycles. The summed E-state index contributed by atoms with van der Waals surface area (Å²) in [5.74, 6) is -0.735. The average molecular weight is 278 g/mol. The Hall–Kier alpha value is -1.42. The summed E-state index contributed by atoms with van der Waals surface area (Å²) in [6.45, 7) is 5.30. The lowest BCUT2D eigenvalue weighted by Crippen LogP contribution is -2.35. The summed E-state index contributed by atoms with van der Waals surface area (Å²) in [6, 6.07) is 4.91. The fourth-order valence-electron chi connectivity index (χ4n) is 2.61. The standard InChI is InChI=1S/C16H23FN2O/c1-13-7-6-8-14(15(13)17)16(20)18-9-12-19-10-4-2-3-5-11-19/h6-8H,2-5,9-12H2,1H3,(H,18,20). The lowest BCUT2D eigenvalue weighted by molar-refractivity contribution is 0.0944. The highest BCUT2D eigenvalue weighted by atomic mass is 19.1. The molecule has 0 spiro atoms. The third-order valence-electron chi connectivity index (χ3n) is 3.85. The Morgan fingerprint density at radius 3 is 2.65 bits per heavy atom. The number of benzene rings is 1. The molecule has 20 heavy (non-hydrogen) atoms. The second-order valence-electron chi connectivity index (χ2n) is 5.45. The van der Waals surface area contributed by atoms with E-state index in [2.05, 4.69) is 10.2 Å². The van der Waals surface area contributed by atoms with E-state index in [4.69, 9.17) is 0 Å². The number of hydrogen-bond donors (Lipinski definition) is 1. The lowest BCUT2D eigenvalue weighted by atomic mass is 10.1. The van der Waals surface area contributed by atoms with E-state index in [-0.39, 0.29) is 11.5 Å². The van der Waals surface area contributed by atoms with Crippen molar-refractivity contribution in [3.63, 3.8) is 0 Å². The van der Waals surface area contributed by atoms with E-state index in [0.717, 1.165) is 19.6 Å². The van der Waals surface area contributed by atoms with Crippen LogP contribution in [0.2, 0.25) is 0 Å². The van der Waals surface area contributed by atoms with E-state index >= 15 is 0 Å². The molecule has 0 aromatic heterocycles.